The number of nitrogens with zero attached hydrogens (tertiary/aromatic N) is 2. The minimum Gasteiger partial charge on any atom is -0.378 e. The predicted octanol–water partition coefficient (Wildman–Crippen LogP) is 4.89. The van der Waals surface area contributed by atoms with Crippen LogP contribution < -0.4 is 10.2 Å². The molecule has 0 unspecified atom stereocenters. The highest BCUT2D eigenvalue weighted by Gasteiger charge is 2.16. The van der Waals surface area contributed by atoms with Gasteiger partial charge >= 0.3 is 0 Å². The highest BCUT2D eigenvalue weighted by Crippen LogP contribution is 2.31. The molecule has 4 aromatic rings. The van der Waals surface area contributed by atoms with Crippen molar-refractivity contribution in [3.05, 3.63) is 66.2 Å². The highest BCUT2D eigenvalue weighted by molar-refractivity contribution is 7.22. The summed E-state index contributed by atoms with van der Waals surface area (Å²) in [6, 6.07) is 19.3. The van der Waals surface area contributed by atoms with Crippen molar-refractivity contribution in [1.82, 2.24) is 4.98 Å². The van der Waals surface area contributed by atoms with Gasteiger partial charge in [-0.15, -0.1) is 0 Å². The molecule has 0 radical (unpaired) electrons. The lowest BCUT2D eigenvalue weighted by Gasteiger charge is -2.25. The van der Waals surface area contributed by atoms with E-state index in [0.717, 1.165) is 58.1 Å². The molecule has 1 saturated heterocycles. The van der Waals surface area contributed by atoms with Gasteiger partial charge in [0.2, 0.25) is 5.91 Å². The van der Waals surface area contributed by atoms with Gasteiger partial charge in [-0.25, -0.2) is 4.98 Å². The number of hydrogen-bond donors (Lipinski definition) is 1. The number of anilines is 2. The quantitative estimate of drug-likeness (QED) is 0.428. The first kappa shape index (κ1) is 20.6. The zero-order chi connectivity index (χ0) is 21.9. The van der Waals surface area contributed by atoms with Crippen LogP contribution in [0.2, 0.25) is 0 Å². The molecule has 1 aromatic heterocycles. The molecular formula is C25H23N3O3S. The number of carbonyl (C=O) groups excluding carboxylic acids is 2. The molecule has 1 amide bonds. The van der Waals surface area contributed by atoms with Crippen LogP contribution in [0.4, 0.5) is 10.8 Å². The van der Waals surface area contributed by atoms with E-state index in [1.54, 1.807) is 11.3 Å². The summed E-state index contributed by atoms with van der Waals surface area (Å²) in [7, 11) is 0. The first-order valence-electron chi connectivity index (χ1n) is 10.7. The molecule has 1 N–H and O–H groups in total. The van der Waals surface area contributed by atoms with Gasteiger partial charge in [-0.1, -0.05) is 47.7 Å². The fraction of sp³-hybridized carbons (Fsp3) is 0.240. The van der Waals surface area contributed by atoms with Gasteiger partial charge in [-0.05, 0) is 35.0 Å². The summed E-state index contributed by atoms with van der Waals surface area (Å²) >= 11 is 1.62. The Labute approximate surface area is 189 Å². The van der Waals surface area contributed by atoms with Crippen molar-refractivity contribution in [1.29, 1.82) is 0 Å². The number of aromatic nitrogens is 1. The zero-order valence-electron chi connectivity index (χ0n) is 17.5. The molecular weight excluding hydrogens is 422 g/mol. The number of rotatable bonds is 6. The predicted molar refractivity (Wildman–Crippen MR) is 129 cm³/mol. The van der Waals surface area contributed by atoms with Crippen molar-refractivity contribution in [2.45, 2.75) is 12.8 Å². The summed E-state index contributed by atoms with van der Waals surface area (Å²) in [5, 5.41) is 6.01. The smallest absolute Gasteiger partial charge is 0.224 e. The van der Waals surface area contributed by atoms with Gasteiger partial charge in [0.15, 0.2) is 10.9 Å². The molecule has 1 aliphatic heterocycles. The van der Waals surface area contributed by atoms with E-state index in [1.165, 1.54) is 0 Å². The third kappa shape index (κ3) is 4.49. The lowest BCUT2D eigenvalue weighted by Crippen LogP contribution is -2.36. The Kier molecular flexibility index (Phi) is 5.83. The van der Waals surface area contributed by atoms with Gasteiger partial charge in [0.05, 0.1) is 23.4 Å². The molecule has 0 bridgehead atoms. The standard InChI is InChI=1S/C25H23N3O3S/c29-22(19-6-5-17-3-1-2-4-18(17)15-19)9-10-24(30)26-20-7-8-21-23(16-20)32-25(27-21)28-11-13-31-14-12-28/h1-8,15-16H,9-14H2,(H,26,30). The van der Waals surface area contributed by atoms with Gasteiger partial charge in [0.25, 0.3) is 0 Å². The van der Waals surface area contributed by atoms with Crippen LogP contribution in [-0.2, 0) is 9.53 Å². The fourth-order valence-electron chi connectivity index (χ4n) is 3.84. The van der Waals surface area contributed by atoms with E-state index >= 15 is 0 Å². The van der Waals surface area contributed by atoms with Crippen LogP contribution in [0.15, 0.2) is 60.7 Å². The van der Waals surface area contributed by atoms with Gasteiger partial charge in [0.1, 0.15) is 0 Å². The molecule has 6 nitrogen and oxygen atoms in total. The van der Waals surface area contributed by atoms with Gasteiger partial charge < -0.3 is 15.0 Å². The van der Waals surface area contributed by atoms with Crippen LogP contribution >= 0.6 is 11.3 Å². The van der Waals surface area contributed by atoms with Gasteiger partial charge in [0, 0.05) is 37.2 Å². The molecule has 162 valence electrons. The van der Waals surface area contributed by atoms with Crippen molar-refractivity contribution >= 4 is 54.8 Å². The number of nitrogens with one attached hydrogen (secondary N) is 1. The number of thiazole rings is 1. The molecule has 2 heterocycles. The number of fused-ring (bicyclic) bond motifs is 2. The Morgan fingerprint density at radius 1 is 0.969 bits per heavy atom. The van der Waals surface area contributed by atoms with E-state index in [1.807, 2.05) is 60.7 Å². The van der Waals surface area contributed by atoms with Crippen LogP contribution in [0.5, 0.6) is 0 Å². The molecule has 0 atom stereocenters. The van der Waals surface area contributed by atoms with Crippen LogP contribution in [-0.4, -0.2) is 43.0 Å². The minimum absolute atomic E-state index is 0.0287. The van der Waals surface area contributed by atoms with Crippen molar-refractivity contribution in [2.75, 3.05) is 36.5 Å². The second kappa shape index (κ2) is 9.06. The highest BCUT2D eigenvalue weighted by atomic mass is 32.1. The number of ketones is 1. The lowest BCUT2D eigenvalue weighted by molar-refractivity contribution is -0.116. The fourth-order valence-corrected chi connectivity index (χ4v) is 4.89. The van der Waals surface area contributed by atoms with E-state index in [2.05, 4.69) is 10.2 Å². The summed E-state index contributed by atoms with van der Waals surface area (Å²) in [5.74, 6) is -0.199. The van der Waals surface area contributed by atoms with E-state index in [9.17, 15) is 9.59 Å². The molecule has 3 aromatic carbocycles. The number of hydrogen-bond acceptors (Lipinski definition) is 6. The Morgan fingerprint density at radius 2 is 1.78 bits per heavy atom. The first-order chi connectivity index (χ1) is 15.7. The number of benzene rings is 3. The summed E-state index contributed by atoms with van der Waals surface area (Å²) < 4.78 is 6.43. The molecule has 0 aliphatic carbocycles. The second-order valence-corrected chi connectivity index (χ2v) is 8.82. The van der Waals surface area contributed by atoms with Crippen molar-refractivity contribution in [2.24, 2.45) is 0 Å². The summed E-state index contributed by atoms with van der Waals surface area (Å²) in [4.78, 5) is 32.0. The Bertz CT molecular complexity index is 1290. The number of amides is 1. The summed E-state index contributed by atoms with van der Waals surface area (Å²) in [6.45, 7) is 3.12. The van der Waals surface area contributed by atoms with Crippen LogP contribution in [0.1, 0.15) is 23.2 Å². The van der Waals surface area contributed by atoms with Crippen molar-refractivity contribution in [3.63, 3.8) is 0 Å². The van der Waals surface area contributed by atoms with Gasteiger partial charge in [-0.2, -0.15) is 0 Å². The Hall–Kier alpha value is -3.29. The molecule has 0 saturated carbocycles. The van der Waals surface area contributed by atoms with Crippen LogP contribution in [0.3, 0.4) is 0 Å². The van der Waals surface area contributed by atoms with Gasteiger partial charge in [-0.3, -0.25) is 9.59 Å². The molecule has 5 rings (SSSR count). The topological polar surface area (TPSA) is 71.5 Å². The lowest BCUT2D eigenvalue weighted by atomic mass is 10.0. The van der Waals surface area contributed by atoms with E-state index < -0.39 is 0 Å². The normalized spacial score (nSPS) is 14.1. The van der Waals surface area contributed by atoms with E-state index in [4.69, 9.17) is 9.72 Å². The molecule has 1 aliphatic rings. The van der Waals surface area contributed by atoms with E-state index in [-0.39, 0.29) is 24.5 Å². The maximum Gasteiger partial charge on any atom is 0.224 e. The first-order valence-corrected chi connectivity index (χ1v) is 11.5. The number of carbonyl (C=O) groups is 2. The third-order valence-corrected chi connectivity index (χ3v) is 6.67. The molecule has 1 fully saturated rings. The maximum atomic E-state index is 12.6. The minimum atomic E-state index is -0.170. The summed E-state index contributed by atoms with van der Waals surface area (Å²) in [5.41, 5.74) is 2.28. The number of Topliss-reactive ketones (excluding diaryl/α,β-unsaturated/α-hetero) is 1. The molecule has 0 spiro atoms. The molecule has 32 heavy (non-hydrogen) atoms. The number of ether oxygens (including phenoxy) is 1. The van der Waals surface area contributed by atoms with Crippen LogP contribution in [0.25, 0.3) is 21.0 Å². The van der Waals surface area contributed by atoms with E-state index in [0.29, 0.717) is 5.56 Å². The average molecular weight is 446 g/mol. The largest absolute Gasteiger partial charge is 0.378 e. The van der Waals surface area contributed by atoms with Crippen LogP contribution in [0, 0.1) is 0 Å². The Morgan fingerprint density at radius 3 is 2.62 bits per heavy atom. The molecule has 7 heteroatoms. The Balaban J connectivity index is 1.20. The third-order valence-electron chi connectivity index (χ3n) is 5.59. The monoisotopic (exact) mass is 445 g/mol. The van der Waals surface area contributed by atoms with Crippen molar-refractivity contribution < 1.29 is 14.3 Å². The SMILES string of the molecule is O=C(CCC(=O)c1ccc2ccccc2c1)Nc1ccc2nc(N3CCOCC3)sc2c1. The number of morpholine rings is 1. The second-order valence-electron chi connectivity index (χ2n) is 7.81. The average Bonchev–Trinajstić information content (AvgIpc) is 3.26. The summed E-state index contributed by atoms with van der Waals surface area (Å²) in [6.07, 6.45) is 0.319. The maximum absolute atomic E-state index is 12.6. The zero-order valence-corrected chi connectivity index (χ0v) is 18.4. The van der Waals surface area contributed by atoms with Crippen molar-refractivity contribution in [3.8, 4) is 0 Å².